The smallest absolute Gasteiger partial charge is 0.168 e. The first-order chi connectivity index (χ1) is 22.2. The summed E-state index contributed by atoms with van der Waals surface area (Å²) in [5.41, 5.74) is 0.217. The molecular formula is C41H81NO3P+. The fraction of sp³-hybridized carbons (Fsp3) is 0.902. The highest BCUT2D eigenvalue weighted by Crippen LogP contribution is 2.32. The number of carbonyl (C=O) groups excluding carboxylic acids is 2. The van der Waals surface area contributed by atoms with Crippen LogP contribution in [0.4, 0.5) is 0 Å². The molecule has 5 heteroatoms. The Morgan fingerprint density at radius 3 is 1.22 bits per heavy atom. The first-order valence-electron chi connectivity index (χ1n) is 20.2. The van der Waals surface area contributed by atoms with E-state index in [1.807, 2.05) is 21.1 Å². The second-order valence-electron chi connectivity index (χ2n) is 15.1. The van der Waals surface area contributed by atoms with Gasteiger partial charge in [0.2, 0.25) is 0 Å². The molecule has 3 atom stereocenters. The van der Waals surface area contributed by atoms with Gasteiger partial charge < -0.3 is 9.59 Å². The number of aliphatic hydroxyl groups is 1. The van der Waals surface area contributed by atoms with Crippen LogP contribution in [0.3, 0.4) is 0 Å². The average Bonchev–Trinajstić information content (AvgIpc) is 3.02. The van der Waals surface area contributed by atoms with Crippen molar-refractivity contribution in [2.45, 2.75) is 218 Å². The number of quaternary nitrogens is 1. The number of allylic oxidation sites excluding steroid dienone is 2. The first-order valence-corrected chi connectivity index (χ1v) is 21.3. The summed E-state index contributed by atoms with van der Waals surface area (Å²) in [4.78, 5) is 25.7. The Labute approximate surface area is 290 Å². The molecule has 0 heterocycles. The normalized spacial score (nSPS) is 13.7. The molecule has 46 heavy (non-hydrogen) atoms. The lowest BCUT2D eigenvalue weighted by Crippen LogP contribution is -2.52. The van der Waals surface area contributed by atoms with E-state index in [1.54, 1.807) is 0 Å². The molecule has 0 radical (unpaired) electrons. The number of unbranched alkanes of at least 4 members (excludes halogenated alkanes) is 25. The molecule has 0 aliphatic rings. The summed E-state index contributed by atoms with van der Waals surface area (Å²) >= 11 is 0. The molecule has 0 bridgehead atoms. The number of ketones is 1. The molecule has 0 saturated carbocycles. The van der Waals surface area contributed by atoms with E-state index in [-0.39, 0.29) is 25.7 Å². The zero-order valence-corrected chi connectivity index (χ0v) is 32.7. The van der Waals surface area contributed by atoms with Crippen molar-refractivity contribution in [3.05, 3.63) is 12.2 Å². The van der Waals surface area contributed by atoms with Crippen LogP contribution in [0.2, 0.25) is 0 Å². The van der Waals surface area contributed by atoms with Gasteiger partial charge in [0.1, 0.15) is 5.78 Å². The molecule has 0 aliphatic heterocycles. The molecule has 0 fully saturated rings. The zero-order chi connectivity index (χ0) is 34.1. The van der Waals surface area contributed by atoms with Gasteiger partial charge in [-0.05, 0) is 38.5 Å². The van der Waals surface area contributed by atoms with Gasteiger partial charge in [-0.2, -0.15) is 0 Å². The van der Waals surface area contributed by atoms with Gasteiger partial charge in [-0.1, -0.05) is 167 Å². The van der Waals surface area contributed by atoms with Gasteiger partial charge in [0.25, 0.3) is 0 Å². The summed E-state index contributed by atoms with van der Waals surface area (Å²) in [5, 5.41) is 11.0. The van der Waals surface area contributed by atoms with E-state index < -0.39 is 6.10 Å². The minimum Gasteiger partial charge on any atom is -0.379 e. The minimum atomic E-state index is -1.04. The second-order valence-corrected chi connectivity index (χ2v) is 16.5. The number of Topliss-reactive ketones (excluding diaryl/α,β-unsaturated/α-hetero) is 1. The van der Waals surface area contributed by atoms with Crippen molar-refractivity contribution in [2.24, 2.45) is 0 Å². The number of hydrogen-bond donors (Lipinski definition) is 1. The number of likely N-dealkylation sites (N-methyl/N-ethyl adjacent to an activating group) is 1. The molecule has 4 nitrogen and oxygen atoms in total. The molecule has 0 aliphatic carbocycles. The van der Waals surface area contributed by atoms with Gasteiger partial charge in [0, 0.05) is 21.4 Å². The summed E-state index contributed by atoms with van der Waals surface area (Å²) < 4.78 is 0.447. The Morgan fingerprint density at radius 2 is 0.848 bits per heavy atom. The number of aliphatic hydroxyl groups excluding tert-OH is 1. The van der Waals surface area contributed by atoms with Crippen LogP contribution in [-0.4, -0.2) is 53.9 Å². The number of nitrogens with zero attached hydrogens (tertiary/aromatic N) is 1. The van der Waals surface area contributed by atoms with Crippen LogP contribution < -0.4 is 0 Å². The third-order valence-electron chi connectivity index (χ3n) is 9.46. The Morgan fingerprint density at radius 1 is 0.522 bits per heavy atom. The van der Waals surface area contributed by atoms with Gasteiger partial charge in [0.15, 0.2) is 17.4 Å². The largest absolute Gasteiger partial charge is 0.379 e. The fourth-order valence-corrected chi connectivity index (χ4v) is 7.67. The maximum atomic E-state index is 12.9. The molecule has 0 aromatic rings. The van der Waals surface area contributed by atoms with E-state index >= 15 is 0 Å². The molecule has 0 saturated heterocycles. The highest BCUT2D eigenvalue weighted by Gasteiger charge is 2.37. The minimum absolute atomic E-state index is 0.0101. The van der Waals surface area contributed by atoms with Gasteiger partial charge in [-0.15, -0.1) is 0 Å². The maximum absolute atomic E-state index is 12.9. The van der Waals surface area contributed by atoms with Gasteiger partial charge in [-0.25, -0.2) is 0 Å². The Bertz CT molecular complexity index is 717. The molecule has 0 rings (SSSR count). The monoisotopic (exact) mass is 667 g/mol. The molecular weight excluding hydrogens is 585 g/mol. The molecule has 272 valence electrons. The highest BCUT2D eigenvalue weighted by atomic mass is 31.1. The van der Waals surface area contributed by atoms with Crippen LogP contribution >= 0.6 is 8.58 Å². The van der Waals surface area contributed by atoms with Crippen LogP contribution in [0.25, 0.3) is 0 Å². The lowest BCUT2D eigenvalue weighted by atomic mass is 10.0. The lowest BCUT2D eigenvalue weighted by Gasteiger charge is -2.36. The van der Waals surface area contributed by atoms with E-state index in [9.17, 15) is 14.7 Å². The van der Waals surface area contributed by atoms with Gasteiger partial charge in [-0.3, -0.25) is 9.59 Å². The van der Waals surface area contributed by atoms with E-state index in [0.29, 0.717) is 17.3 Å². The van der Waals surface area contributed by atoms with E-state index in [2.05, 4.69) is 26.0 Å². The van der Waals surface area contributed by atoms with Gasteiger partial charge >= 0.3 is 0 Å². The maximum Gasteiger partial charge on any atom is 0.168 e. The Kier molecular flexibility index (Phi) is 32.5. The van der Waals surface area contributed by atoms with Gasteiger partial charge in [0.05, 0.1) is 21.1 Å². The summed E-state index contributed by atoms with van der Waals surface area (Å²) in [7, 11) is 5.98. The second kappa shape index (κ2) is 33.0. The highest BCUT2D eigenvalue weighted by molar-refractivity contribution is 7.58. The zero-order valence-electron chi connectivity index (χ0n) is 31.7. The number of carbonyl (C=O) groups is 2. The van der Waals surface area contributed by atoms with Crippen LogP contribution in [0.1, 0.15) is 206 Å². The van der Waals surface area contributed by atoms with Crippen molar-refractivity contribution in [1.82, 2.24) is 0 Å². The lowest BCUT2D eigenvalue weighted by molar-refractivity contribution is -0.883. The molecule has 0 aromatic heterocycles. The van der Waals surface area contributed by atoms with Crippen molar-refractivity contribution >= 4 is 19.9 Å². The van der Waals surface area contributed by atoms with Crippen molar-refractivity contribution in [2.75, 3.05) is 21.1 Å². The summed E-state index contributed by atoms with van der Waals surface area (Å²) in [6.45, 7) is 4.54. The molecule has 1 N–H and O–H groups in total. The van der Waals surface area contributed by atoms with E-state index in [0.717, 1.165) is 25.7 Å². The van der Waals surface area contributed by atoms with E-state index in [1.165, 1.54) is 154 Å². The topological polar surface area (TPSA) is 54.4 Å². The third-order valence-corrected chi connectivity index (χ3v) is 11.4. The predicted octanol–water partition coefficient (Wildman–Crippen LogP) is 12.5. The Balaban J connectivity index is 3.93. The van der Waals surface area contributed by atoms with Crippen LogP contribution in [0.15, 0.2) is 12.2 Å². The van der Waals surface area contributed by atoms with Crippen molar-refractivity contribution in [1.29, 1.82) is 0 Å². The first kappa shape index (κ1) is 45.4. The summed E-state index contributed by atoms with van der Waals surface area (Å²) in [6.07, 6.45) is 40.4. The predicted molar refractivity (Wildman–Crippen MR) is 205 cm³/mol. The molecule has 0 aromatic carbocycles. The standard InChI is InChI=1S/C41H81NO3P/c1-6-8-10-12-14-16-18-20-22-24-26-28-30-32-34-36-38(43)40(45)41(42(3,4)5)46-39(44)37-35-33-31-29-27-25-23-21-19-17-15-13-11-9-7-2/h21,23,40-41,45-46H,6-20,22,24-37H2,1-5H3/q+1/b23-21-. The quantitative estimate of drug-likeness (QED) is 0.0313. The summed E-state index contributed by atoms with van der Waals surface area (Å²) in [6, 6.07) is 0. The van der Waals surface area contributed by atoms with Crippen molar-refractivity contribution < 1.29 is 19.2 Å². The number of rotatable bonds is 36. The fourth-order valence-electron chi connectivity index (χ4n) is 6.28. The van der Waals surface area contributed by atoms with Crippen LogP contribution in [-0.2, 0) is 9.59 Å². The van der Waals surface area contributed by atoms with Crippen molar-refractivity contribution in [3.8, 4) is 0 Å². The molecule has 3 unspecified atom stereocenters. The summed E-state index contributed by atoms with van der Waals surface area (Å²) in [5.74, 6) is -0.409. The van der Waals surface area contributed by atoms with Crippen LogP contribution in [0, 0.1) is 0 Å². The van der Waals surface area contributed by atoms with Crippen LogP contribution in [0.5, 0.6) is 0 Å². The Hall–Kier alpha value is -0.570. The number of hydrogen-bond acceptors (Lipinski definition) is 3. The third kappa shape index (κ3) is 29.6. The molecule has 0 amide bonds. The van der Waals surface area contributed by atoms with E-state index in [4.69, 9.17) is 0 Å². The average molecular weight is 667 g/mol. The SMILES string of the molecule is CCCCCCCC/C=C\CCCCCCCC(=O)PC(C(O)C(=O)CCCCCCCCCCCCCCCCC)[N+](C)(C)C. The van der Waals surface area contributed by atoms with Crippen molar-refractivity contribution in [3.63, 3.8) is 0 Å². The molecule has 0 spiro atoms.